The molecule has 0 radical (unpaired) electrons. The number of hydrogen-bond donors (Lipinski definition) is 3. The Balaban J connectivity index is 3.03. The Morgan fingerprint density at radius 3 is 2.85 bits per heavy atom. The number of aromatic hydroxyl groups is 1. The Labute approximate surface area is 76.3 Å². The molecule has 0 spiro atoms. The number of nitrogens with two attached hydrogens (primary N) is 1. The van der Waals surface area contributed by atoms with Crippen LogP contribution in [-0.2, 0) is 0 Å². The fourth-order valence-corrected chi connectivity index (χ4v) is 1.23. The third kappa shape index (κ3) is 2.17. The van der Waals surface area contributed by atoms with E-state index in [0.717, 1.165) is 0 Å². The van der Waals surface area contributed by atoms with Crippen LogP contribution in [0.3, 0.4) is 0 Å². The van der Waals surface area contributed by atoms with E-state index in [9.17, 15) is 9.50 Å². The number of hydrazine groups is 1. The van der Waals surface area contributed by atoms with Gasteiger partial charge in [-0.2, -0.15) is 0 Å². The molecule has 0 aliphatic carbocycles. The number of phenolic OH excluding ortho intramolecular Hbond substituents is 1. The number of benzene rings is 1. The van der Waals surface area contributed by atoms with Gasteiger partial charge in [0.25, 0.3) is 0 Å². The number of rotatable bonds is 3. The van der Waals surface area contributed by atoms with Crippen molar-refractivity contribution in [3.63, 3.8) is 0 Å². The van der Waals surface area contributed by atoms with Gasteiger partial charge in [-0.15, -0.1) is 0 Å². The Bertz CT molecular complexity index is 287. The van der Waals surface area contributed by atoms with Gasteiger partial charge in [-0.25, -0.2) is 4.39 Å². The summed E-state index contributed by atoms with van der Waals surface area (Å²) in [5.74, 6) is 4.94. The Hall–Kier alpha value is -1.13. The van der Waals surface area contributed by atoms with Crippen LogP contribution in [0.15, 0.2) is 18.2 Å². The maximum Gasteiger partial charge on any atom is 0.123 e. The molecule has 0 amide bonds. The fraction of sp³-hybridized carbons (Fsp3) is 0.333. The minimum Gasteiger partial charge on any atom is -0.508 e. The van der Waals surface area contributed by atoms with Crippen molar-refractivity contribution in [1.82, 2.24) is 5.43 Å². The highest BCUT2D eigenvalue weighted by molar-refractivity contribution is 5.35. The van der Waals surface area contributed by atoms with Crippen LogP contribution < -0.4 is 11.3 Å². The molecule has 1 aromatic rings. The molecule has 72 valence electrons. The molecular weight excluding hydrogens is 171 g/mol. The first-order chi connectivity index (χ1) is 6.19. The van der Waals surface area contributed by atoms with Gasteiger partial charge in [0.15, 0.2) is 0 Å². The molecule has 0 fully saturated rings. The maximum absolute atomic E-state index is 12.8. The van der Waals surface area contributed by atoms with Crippen LogP contribution in [0.5, 0.6) is 5.75 Å². The minimum atomic E-state index is -0.374. The van der Waals surface area contributed by atoms with Gasteiger partial charge in [0.05, 0.1) is 0 Å². The van der Waals surface area contributed by atoms with Gasteiger partial charge in [0, 0.05) is 11.6 Å². The first-order valence-electron chi connectivity index (χ1n) is 4.13. The van der Waals surface area contributed by atoms with Crippen LogP contribution >= 0.6 is 0 Å². The van der Waals surface area contributed by atoms with Crippen molar-refractivity contribution in [2.75, 3.05) is 0 Å². The second-order valence-electron chi connectivity index (χ2n) is 2.83. The van der Waals surface area contributed by atoms with Crippen molar-refractivity contribution >= 4 is 0 Å². The first-order valence-corrected chi connectivity index (χ1v) is 4.13. The Kier molecular flexibility index (Phi) is 3.22. The lowest BCUT2D eigenvalue weighted by Gasteiger charge is -2.15. The van der Waals surface area contributed by atoms with Gasteiger partial charge >= 0.3 is 0 Å². The summed E-state index contributed by atoms with van der Waals surface area (Å²) in [7, 11) is 0. The zero-order valence-corrected chi connectivity index (χ0v) is 7.42. The summed E-state index contributed by atoms with van der Waals surface area (Å²) < 4.78 is 12.8. The molecule has 13 heavy (non-hydrogen) atoms. The topological polar surface area (TPSA) is 58.3 Å². The lowest BCUT2D eigenvalue weighted by molar-refractivity contribution is 0.441. The molecule has 0 aliphatic heterocycles. The predicted molar refractivity (Wildman–Crippen MR) is 48.4 cm³/mol. The zero-order chi connectivity index (χ0) is 9.84. The Morgan fingerprint density at radius 2 is 2.31 bits per heavy atom. The third-order valence-corrected chi connectivity index (χ3v) is 1.97. The lowest BCUT2D eigenvalue weighted by Crippen LogP contribution is -2.27. The summed E-state index contributed by atoms with van der Waals surface area (Å²) >= 11 is 0. The quantitative estimate of drug-likeness (QED) is 0.492. The molecule has 0 aliphatic rings. The number of halogens is 1. The first kappa shape index (κ1) is 9.95. The average molecular weight is 184 g/mol. The molecule has 0 aromatic heterocycles. The van der Waals surface area contributed by atoms with Gasteiger partial charge in [-0.3, -0.25) is 11.3 Å². The summed E-state index contributed by atoms with van der Waals surface area (Å²) in [6.07, 6.45) is 0.688. The van der Waals surface area contributed by atoms with Crippen molar-refractivity contribution in [2.45, 2.75) is 19.4 Å². The molecule has 0 bridgehead atoms. The molecule has 0 heterocycles. The van der Waals surface area contributed by atoms with E-state index in [-0.39, 0.29) is 17.6 Å². The van der Waals surface area contributed by atoms with Gasteiger partial charge in [0.1, 0.15) is 11.6 Å². The second-order valence-corrected chi connectivity index (χ2v) is 2.83. The third-order valence-electron chi connectivity index (χ3n) is 1.97. The molecule has 3 nitrogen and oxygen atoms in total. The predicted octanol–water partition coefficient (Wildman–Crippen LogP) is 1.45. The molecule has 1 atom stereocenters. The van der Waals surface area contributed by atoms with E-state index in [4.69, 9.17) is 5.84 Å². The fourth-order valence-electron chi connectivity index (χ4n) is 1.23. The summed E-state index contributed by atoms with van der Waals surface area (Å²) in [6.45, 7) is 1.90. The highest BCUT2D eigenvalue weighted by atomic mass is 19.1. The van der Waals surface area contributed by atoms with E-state index in [1.54, 1.807) is 0 Å². The minimum absolute atomic E-state index is 0.0613. The van der Waals surface area contributed by atoms with Crippen LogP contribution in [0.1, 0.15) is 24.9 Å². The Morgan fingerprint density at radius 1 is 1.62 bits per heavy atom. The van der Waals surface area contributed by atoms with Crippen LogP contribution in [0, 0.1) is 5.82 Å². The van der Waals surface area contributed by atoms with E-state index < -0.39 is 0 Å². The number of hydrogen-bond acceptors (Lipinski definition) is 3. The van der Waals surface area contributed by atoms with E-state index in [1.165, 1.54) is 18.2 Å². The SMILES string of the molecule is CCC(NN)c1cc(F)ccc1O. The molecule has 0 saturated heterocycles. The van der Waals surface area contributed by atoms with Crippen molar-refractivity contribution in [3.05, 3.63) is 29.6 Å². The van der Waals surface area contributed by atoms with E-state index >= 15 is 0 Å². The van der Waals surface area contributed by atoms with Gasteiger partial charge in [0.2, 0.25) is 0 Å². The van der Waals surface area contributed by atoms with Crippen LogP contribution in [-0.4, -0.2) is 5.11 Å². The molecule has 1 rings (SSSR count). The van der Waals surface area contributed by atoms with Crippen LogP contribution in [0.4, 0.5) is 4.39 Å². The number of phenols is 1. The molecule has 1 unspecified atom stereocenters. The average Bonchev–Trinajstić information content (AvgIpc) is 2.13. The molecule has 1 aromatic carbocycles. The monoisotopic (exact) mass is 184 g/mol. The highest BCUT2D eigenvalue weighted by Gasteiger charge is 2.12. The normalized spacial score (nSPS) is 12.8. The second kappa shape index (κ2) is 4.20. The van der Waals surface area contributed by atoms with Gasteiger partial charge in [-0.1, -0.05) is 6.92 Å². The highest BCUT2D eigenvalue weighted by Crippen LogP contribution is 2.26. The van der Waals surface area contributed by atoms with Crippen LogP contribution in [0.2, 0.25) is 0 Å². The van der Waals surface area contributed by atoms with E-state index in [1.807, 2.05) is 6.92 Å². The molecule has 4 heteroatoms. The smallest absolute Gasteiger partial charge is 0.123 e. The summed E-state index contributed by atoms with van der Waals surface area (Å²) in [5, 5.41) is 9.41. The van der Waals surface area contributed by atoms with Crippen molar-refractivity contribution < 1.29 is 9.50 Å². The lowest BCUT2D eigenvalue weighted by atomic mass is 10.0. The molecule has 0 saturated carbocycles. The van der Waals surface area contributed by atoms with E-state index in [0.29, 0.717) is 12.0 Å². The zero-order valence-electron chi connectivity index (χ0n) is 7.42. The van der Waals surface area contributed by atoms with Crippen molar-refractivity contribution in [2.24, 2.45) is 5.84 Å². The van der Waals surface area contributed by atoms with E-state index in [2.05, 4.69) is 5.43 Å². The van der Waals surface area contributed by atoms with Gasteiger partial charge < -0.3 is 5.11 Å². The van der Waals surface area contributed by atoms with Crippen molar-refractivity contribution in [3.8, 4) is 5.75 Å². The summed E-state index contributed by atoms with van der Waals surface area (Å²) in [6, 6.07) is 3.60. The largest absolute Gasteiger partial charge is 0.508 e. The standard InChI is InChI=1S/C9H13FN2O/c1-2-8(12-11)7-5-6(10)3-4-9(7)13/h3-5,8,12-13H,2,11H2,1H3. The maximum atomic E-state index is 12.8. The molecule has 4 N–H and O–H groups in total. The molecular formula is C9H13FN2O. The summed E-state index contributed by atoms with van der Waals surface area (Å²) in [5.41, 5.74) is 3.00. The number of nitrogens with one attached hydrogen (secondary N) is 1. The van der Waals surface area contributed by atoms with Crippen molar-refractivity contribution in [1.29, 1.82) is 0 Å². The van der Waals surface area contributed by atoms with Gasteiger partial charge in [-0.05, 0) is 24.6 Å². The summed E-state index contributed by atoms with van der Waals surface area (Å²) in [4.78, 5) is 0. The van der Waals surface area contributed by atoms with Crippen LogP contribution in [0.25, 0.3) is 0 Å².